The van der Waals surface area contributed by atoms with Crippen molar-refractivity contribution in [1.82, 2.24) is 25.1 Å². The minimum atomic E-state index is -0.760. The number of H-pyrrole nitrogens is 2. The highest BCUT2D eigenvalue weighted by atomic mass is 16.5. The van der Waals surface area contributed by atoms with Crippen LogP contribution in [0, 0.1) is 0 Å². The third-order valence-corrected chi connectivity index (χ3v) is 4.00. The predicted octanol–water partition coefficient (Wildman–Crippen LogP) is 1.35. The van der Waals surface area contributed by atoms with Gasteiger partial charge in [0.15, 0.2) is 0 Å². The van der Waals surface area contributed by atoms with Crippen LogP contribution >= 0.6 is 0 Å². The molecule has 0 spiro atoms. The van der Waals surface area contributed by atoms with Gasteiger partial charge in [-0.3, -0.25) is 19.6 Å². The number of anilines is 1. The standard InChI is InChI=1S/C19H14N6O4/c26-15-9-14(22-19(28)23-15)18(27)21-13-6-2-1-4-11(13)8-16-24-17(25-29-16)12-5-3-7-20-10-12/h1-7,9-10H,8H2,(H,21,27)(H2,22,23,26,28). The summed E-state index contributed by atoms with van der Waals surface area (Å²) in [6, 6.07) is 11.6. The van der Waals surface area contributed by atoms with Crippen LogP contribution in [-0.4, -0.2) is 31.0 Å². The normalized spacial score (nSPS) is 10.6. The quantitative estimate of drug-likeness (QED) is 0.466. The van der Waals surface area contributed by atoms with E-state index in [0.29, 0.717) is 17.4 Å². The topological polar surface area (TPSA) is 147 Å². The van der Waals surface area contributed by atoms with Crippen molar-refractivity contribution in [3.8, 4) is 11.4 Å². The van der Waals surface area contributed by atoms with Crippen molar-refractivity contribution in [3.63, 3.8) is 0 Å². The zero-order valence-electron chi connectivity index (χ0n) is 14.9. The number of nitrogens with one attached hydrogen (secondary N) is 3. The van der Waals surface area contributed by atoms with E-state index >= 15 is 0 Å². The van der Waals surface area contributed by atoms with Gasteiger partial charge in [-0.15, -0.1) is 0 Å². The minimum absolute atomic E-state index is 0.148. The number of nitrogens with zero attached hydrogens (tertiary/aromatic N) is 3. The molecule has 3 N–H and O–H groups in total. The summed E-state index contributed by atoms with van der Waals surface area (Å²) in [5.41, 5.74) is 0.354. The van der Waals surface area contributed by atoms with Crippen LogP contribution in [0.1, 0.15) is 21.9 Å². The fraction of sp³-hybridized carbons (Fsp3) is 0.0526. The highest BCUT2D eigenvalue weighted by Crippen LogP contribution is 2.21. The van der Waals surface area contributed by atoms with E-state index in [1.165, 1.54) is 0 Å². The number of aromatic amines is 2. The van der Waals surface area contributed by atoms with Gasteiger partial charge >= 0.3 is 5.69 Å². The monoisotopic (exact) mass is 390 g/mol. The van der Waals surface area contributed by atoms with E-state index in [1.807, 2.05) is 11.1 Å². The second kappa shape index (κ2) is 7.72. The van der Waals surface area contributed by atoms with Gasteiger partial charge in [-0.05, 0) is 23.8 Å². The first kappa shape index (κ1) is 18.0. The molecule has 10 nitrogen and oxygen atoms in total. The third-order valence-electron chi connectivity index (χ3n) is 4.00. The van der Waals surface area contributed by atoms with Crippen LogP contribution in [0.2, 0.25) is 0 Å². The Bertz CT molecular complexity index is 1250. The maximum Gasteiger partial charge on any atom is 0.326 e. The number of benzene rings is 1. The van der Waals surface area contributed by atoms with E-state index in [4.69, 9.17) is 4.52 Å². The summed E-state index contributed by atoms with van der Waals surface area (Å²) in [4.78, 5) is 47.9. The molecule has 0 aliphatic carbocycles. The molecular formula is C19H14N6O4. The average molecular weight is 390 g/mol. The molecule has 0 aliphatic rings. The van der Waals surface area contributed by atoms with Crippen molar-refractivity contribution in [1.29, 1.82) is 0 Å². The Balaban J connectivity index is 1.56. The molecule has 0 saturated heterocycles. The summed E-state index contributed by atoms with van der Waals surface area (Å²) >= 11 is 0. The predicted molar refractivity (Wildman–Crippen MR) is 102 cm³/mol. The van der Waals surface area contributed by atoms with Crippen molar-refractivity contribution < 1.29 is 9.32 Å². The molecule has 1 aromatic carbocycles. The van der Waals surface area contributed by atoms with Crippen LogP contribution in [0.25, 0.3) is 11.4 Å². The van der Waals surface area contributed by atoms with Gasteiger partial charge in [0.25, 0.3) is 11.5 Å². The Morgan fingerprint density at radius 1 is 1.10 bits per heavy atom. The lowest BCUT2D eigenvalue weighted by atomic mass is 10.1. The smallest absolute Gasteiger partial charge is 0.326 e. The second-order valence-corrected chi connectivity index (χ2v) is 6.04. The minimum Gasteiger partial charge on any atom is -0.339 e. The van der Waals surface area contributed by atoms with Gasteiger partial charge in [-0.1, -0.05) is 23.4 Å². The first-order chi connectivity index (χ1) is 14.1. The molecule has 0 aliphatic heterocycles. The molecule has 10 heteroatoms. The number of aromatic nitrogens is 5. The van der Waals surface area contributed by atoms with Gasteiger partial charge in [-0.2, -0.15) is 4.98 Å². The first-order valence-corrected chi connectivity index (χ1v) is 8.54. The number of carbonyl (C=O) groups is 1. The molecular weight excluding hydrogens is 376 g/mol. The molecule has 3 heterocycles. The number of para-hydroxylation sites is 1. The van der Waals surface area contributed by atoms with E-state index < -0.39 is 17.2 Å². The lowest BCUT2D eigenvalue weighted by Gasteiger charge is -2.09. The Morgan fingerprint density at radius 2 is 1.97 bits per heavy atom. The van der Waals surface area contributed by atoms with Crippen molar-refractivity contribution in [2.75, 3.05) is 5.32 Å². The zero-order chi connectivity index (χ0) is 20.2. The Hall–Kier alpha value is -4.34. The highest BCUT2D eigenvalue weighted by molar-refractivity contribution is 6.03. The zero-order valence-corrected chi connectivity index (χ0v) is 14.9. The molecule has 4 rings (SSSR count). The van der Waals surface area contributed by atoms with E-state index in [-0.39, 0.29) is 12.1 Å². The number of pyridine rings is 1. The van der Waals surface area contributed by atoms with Crippen LogP contribution < -0.4 is 16.6 Å². The fourth-order valence-corrected chi connectivity index (χ4v) is 2.68. The Morgan fingerprint density at radius 3 is 2.76 bits per heavy atom. The van der Waals surface area contributed by atoms with E-state index in [9.17, 15) is 14.4 Å². The molecule has 0 fully saturated rings. The lowest BCUT2D eigenvalue weighted by Crippen LogP contribution is -2.27. The Labute approximate surface area is 162 Å². The summed E-state index contributed by atoms with van der Waals surface area (Å²) in [5, 5.41) is 6.63. The van der Waals surface area contributed by atoms with Crippen LogP contribution in [0.5, 0.6) is 0 Å². The van der Waals surface area contributed by atoms with Gasteiger partial charge in [0.1, 0.15) is 5.69 Å². The second-order valence-electron chi connectivity index (χ2n) is 6.04. The van der Waals surface area contributed by atoms with Gasteiger partial charge < -0.3 is 14.8 Å². The van der Waals surface area contributed by atoms with Crippen LogP contribution in [-0.2, 0) is 6.42 Å². The maximum atomic E-state index is 12.4. The molecule has 1 amide bonds. The SMILES string of the molecule is O=C(Nc1ccccc1Cc1nc(-c2cccnc2)no1)c1cc(=O)[nH]c(=O)[nH]1. The highest BCUT2D eigenvalue weighted by Gasteiger charge is 2.14. The Kier molecular flexibility index (Phi) is 4.81. The first-order valence-electron chi connectivity index (χ1n) is 8.54. The van der Waals surface area contributed by atoms with Crippen LogP contribution in [0.3, 0.4) is 0 Å². The average Bonchev–Trinajstić information content (AvgIpc) is 3.18. The van der Waals surface area contributed by atoms with E-state index in [0.717, 1.165) is 17.2 Å². The summed E-state index contributed by atoms with van der Waals surface area (Å²) in [5.74, 6) is 0.146. The molecule has 0 radical (unpaired) electrons. The van der Waals surface area contributed by atoms with Gasteiger partial charge in [0.05, 0.1) is 6.42 Å². The maximum absolute atomic E-state index is 12.4. The molecule has 3 aromatic heterocycles. The number of amides is 1. The molecule has 0 saturated carbocycles. The molecule has 144 valence electrons. The third kappa shape index (κ3) is 4.16. The summed E-state index contributed by atoms with van der Waals surface area (Å²) in [6.07, 6.45) is 3.55. The number of rotatable bonds is 5. The fourth-order valence-electron chi connectivity index (χ4n) is 2.68. The van der Waals surface area contributed by atoms with Gasteiger partial charge in [-0.25, -0.2) is 4.79 Å². The van der Waals surface area contributed by atoms with Crippen molar-refractivity contribution in [3.05, 3.63) is 92.8 Å². The summed E-state index contributed by atoms with van der Waals surface area (Å²) in [7, 11) is 0. The van der Waals surface area contributed by atoms with Crippen molar-refractivity contribution in [2.24, 2.45) is 0 Å². The number of hydrogen-bond donors (Lipinski definition) is 3. The summed E-state index contributed by atoms with van der Waals surface area (Å²) in [6.45, 7) is 0. The molecule has 0 bridgehead atoms. The van der Waals surface area contributed by atoms with Crippen molar-refractivity contribution in [2.45, 2.75) is 6.42 Å². The van der Waals surface area contributed by atoms with Crippen LogP contribution in [0.15, 0.2) is 69.0 Å². The van der Waals surface area contributed by atoms with E-state index in [2.05, 4.69) is 25.4 Å². The van der Waals surface area contributed by atoms with Crippen molar-refractivity contribution >= 4 is 11.6 Å². The van der Waals surface area contributed by atoms with Crippen LogP contribution in [0.4, 0.5) is 5.69 Å². The lowest BCUT2D eigenvalue weighted by molar-refractivity contribution is 0.102. The molecule has 0 unspecified atom stereocenters. The molecule has 0 atom stereocenters. The summed E-state index contributed by atoms with van der Waals surface area (Å²) < 4.78 is 5.30. The van der Waals surface area contributed by atoms with E-state index in [1.54, 1.807) is 42.7 Å². The molecule has 29 heavy (non-hydrogen) atoms. The molecule has 4 aromatic rings. The number of hydrogen-bond acceptors (Lipinski definition) is 7. The largest absolute Gasteiger partial charge is 0.339 e. The number of carbonyl (C=O) groups excluding carboxylic acids is 1. The van der Waals surface area contributed by atoms with Gasteiger partial charge in [0, 0.05) is 29.7 Å². The van der Waals surface area contributed by atoms with Gasteiger partial charge in [0.2, 0.25) is 11.7 Å².